The third-order valence-electron chi connectivity index (χ3n) is 6.11. The van der Waals surface area contributed by atoms with Crippen LogP contribution in [0.3, 0.4) is 0 Å². The fourth-order valence-electron chi connectivity index (χ4n) is 4.07. The molecular weight excluding hydrogens is 387 g/mol. The molecule has 0 aliphatic rings. The van der Waals surface area contributed by atoms with Crippen molar-refractivity contribution in [3.8, 4) is 5.75 Å². The van der Waals surface area contributed by atoms with Crippen LogP contribution < -0.4 is 5.30 Å². The van der Waals surface area contributed by atoms with Gasteiger partial charge in [0.2, 0.25) is 0 Å². The molecular formula is C27H41O2P. The van der Waals surface area contributed by atoms with Crippen LogP contribution in [0, 0.1) is 13.8 Å². The summed E-state index contributed by atoms with van der Waals surface area (Å²) in [5, 5.41) is 22.6. The number of benzene rings is 2. The van der Waals surface area contributed by atoms with E-state index in [-0.39, 0.29) is 10.6 Å². The first-order valence-electron chi connectivity index (χ1n) is 11.3. The number of unbranched alkanes of at least 4 members (excludes halogenated alkanes) is 2. The smallest absolute Gasteiger partial charge is 0.122 e. The quantitative estimate of drug-likeness (QED) is 0.346. The summed E-state index contributed by atoms with van der Waals surface area (Å²) in [4.78, 5) is 0. The third-order valence-corrected chi connectivity index (χ3v) is 7.90. The van der Waals surface area contributed by atoms with Gasteiger partial charge in [-0.1, -0.05) is 98.4 Å². The van der Waals surface area contributed by atoms with Gasteiger partial charge >= 0.3 is 0 Å². The second-order valence-corrected chi connectivity index (χ2v) is 12.0. The number of aliphatic hydroxyl groups is 1. The Morgan fingerprint density at radius 3 is 2.23 bits per heavy atom. The van der Waals surface area contributed by atoms with Crippen molar-refractivity contribution >= 4 is 13.9 Å². The van der Waals surface area contributed by atoms with Gasteiger partial charge in [-0.15, -0.1) is 0 Å². The number of phenols is 1. The summed E-state index contributed by atoms with van der Waals surface area (Å²) in [5.41, 5.74) is 5.47. The average Bonchev–Trinajstić information content (AvgIpc) is 2.64. The number of aliphatic hydroxyl groups excluding tert-OH is 1. The highest BCUT2D eigenvalue weighted by atomic mass is 31.1. The highest BCUT2D eigenvalue weighted by Gasteiger charge is 2.32. The highest BCUT2D eigenvalue weighted by Crippen LogP contribution is 2.50. The second-order valence-electron chi connectivity index (χ2n) is 10.1. The van der Waals surface area contributed by atoms with E-state index in [1.807, 2.05) is 13.8 Å². The molecule has 2 aromatic rings. The van der Waals surface area contributed by atoms with E-state index in [9.17, 15) is 10.2 Å². The van der Waals surface area contributed by atoms with Crippen molar-refractivity contribution in [3.63, 3.8) is 0 Å². The Labute approximate surface area is 185 Å². The van der Waals surface area contributed by atoms with E-state index >= 15 is 0 Å². The molecule has 0 heterocycles. The third kappa shape index (κ3) is 5.86. The van der Waals surface area contributed by atoms with Gasteiger partial charge in [0.05, 0.1) is 6.10 Å². The predicted octanol–water partition coefficient (Wildman–Crippen LogP) is 7.16. The number of phenolic OH excluding ortho intramolecular Hbond substituents is 1. The van der Waals surface area contributed by atoms with Gasteiger partial charge in [-0.3, -0.25) is 0 Å². The molecule has 2 N–H and O–H groups in total. The van der Waals surface area contributed by atoms with Crippen molar-refractivity contribution in [3.05, 3.63) is 58.1 Å². The van der Waals surface area contributed by atoms with Gasteiger partial charge in [-0.2, -0.15) is 0 Å². The summed E-state index contributed by atoms with van der Waals surface area (Å²) in [6.45, 7) is 17.1. The van der Waals surface area contributed by atoms with Crippen LogP contribution in [0.2, 0.25) is 0 Å². The number of aromatic hydroxyl groups is 1. The Morgan fingerprint density at radius 1 is 1.00 bits per heavy atom. The predicted molar refractivity (Wildman–Crippen MR) is 133 cm³/mol. The van der Waals surface area contributed by atoms with Gasteiger partial charge in [0.25, 0.3) is 0 Å². The minimum atomic E-state index is -0.497. The van der Waals surface area contributed by atoms with Crippen molar-refractivity contribution in [2.45, 2.75) is 97.7 Å². The molecule has 0 bridgehead atoms. The van der Waals surface area contributed by atoms with Crippen LogP contribution in [0.1, 0.15) is 101 Å². The molecule has 3 atom stereocenters. The van der Waals surface area contributed by atoms with E-state index in [0.29, 0.717) is 14.3 Å². The van der Waals surface area contributed by atoms with Crippen molar-refractivity contribution in [1.29, 1.82) is 0 Å². The van der Waals surface area contributed by atoms with E-state index in [2.05, 4.69) is 71.9 Å². The largest absolute Gasteiger partial charge is 0.507 e. The first-order chi connectivity index (χ1) is 13.9. The van der Waals surface area contributed by atoms with Crippen molar-refractivity contribution in [2.75, 3.05) is 0 Å². The standard InChI is InChI=1S/C27H41O2P/c1-9-10-11-14-27(8,30-24-13-12-18(2)15-22(24)20(4)28)23-17-21(26(5,6)7)16-19(3)25(23)29/h12-13,15-17,20,28-30H,9-11,14H2,1-8H3. The van der Waals surface area contributed by atoms with Gasteiger partial charge in [-0.05, 0) is 54.6 Å². The van der Waals surface area contributed by atoms with Crippen LogP contribution in [0.25, 0.3) is 0 Å². The second kappa shape index (κ2) is 9.84. The summed E-state index contributed by atoms with van der Waals surface area (Å²) >= 11 is 0. The summed E-state index contributed by atoms with van der Waals surface area (Å²) in [6, 6.07) is 10.8. The van der Waals surface area contributed by atoms with Crippen LogP contribution >= 0.6 is 8.58 Å². The van der Waals surface area contributed by atoms with E-state index < -0.39 is 6.10 Å². The Balaban J connectivity index is 2.62. The molecule has 0 saturated heterocycles. The van der Waals surface area contributed by atoms with Gasteiger partial charge in [0.1, 0.15) is 5.75 Å². The molecule has 0 spiro atoms. The van der Waals surface area contributed by atoms with Crippen molar-refractivity contribution in [2.24, 2.45) is 0 Å². The summed E-state index contributed by atoms with van der Waals surface area (Å²) < 4.78 is 0. The maximum atomic E-state index is 11.1. The lowest BCUT2D eigenvalue weighted by Gasteiger charge is -2.34. The van der Waals surface area contributed by atoms with E-state index in [1.54, 1.807) is 0 Å². The number of rotatable bonds is 8. The van der Waals surface area contributed by atoms with Crippen LogP contribution in [0.15, 0.2) is 30.3 Å². The molecule has 2 aromatic carbocycles. The molecule has 0 saturated carbocycles. The maximum absolute atomic E-state index is 11.1. The lowest BCUT2D eigenvalue weighted by atomic mass is 9.82. The Hall–Kier alpha value is -1.37. The molecule has 3 heteroatoms. The molecule has 0 aliphatic heterocycles. The maximum Gasteiger partial charge on any atom is 0.122 e. The van der Waals surface area contributed by atoms with Crippen molar-refractivity contribution < 1.29 is 10.2 Å². The molecule has 3 unspecified atom stereocenters. The molecule has 2 nitrogen and oxygen atoms in total. The lowest BCUT2D eigenvalue weighted by molar-refractivity contribution is 0.200. The fraction of sp³-hybridized carbons (Fsp3) is 0.556. The lowest BCUT2D eigenvalue weighted by Crippen LogP contribution is -2.23. The molecule has 30 heavy (non-hydrogen) atoms. The number of hydrogen-bond acceptors (Lipinski definition) is 2. The first kappa shape index (κ1) is 24.9. The van der Waals surface area contributed by atoms with E-state index in [0.717, 1.165) is 29.5 Å². The van der Waals surface area contributed by atoms with Crippen molar-refractivity contribution in [1.82, 2.24) is 0 Å². The minimum absolute atomic E-state index is 0.0231. The topological polar surface area (TPSA) is 40.5 Å². The van der Waals surface area contributed by atoms with Crippen LogP contribution in [0.5, 0.6) is 5.75 Å². The average molecular weight is 429 g/mol. The first-order valence-corrected chi connectivity index (χ1v) is 12.3. The highest BCUT2D eigenvalue weighted by molar-refractivity contribution is 7.48. The van der Waals surface area contributed by atoms with Crippen LogP contribution in [-0.4, -0.2) is 10.2 Å². The molecule has 2 rings (SSSR count). The summed E-state index contributed by atoms with van der Waals surface area (Å²) in [6.07, 6.45) is 4.02. The zero-order valence-corrected chi connectivity index (χ0v) is 21.2. The normalized spacial score (nSPS) is 15.5. The number of hydrogen-bond donors (Lipinski definition) is 2. The van der Waals surface area contributed by atoms with Crippen LogP contribution in [0.4, 0.5) is 0 Å². The zero-order valence-electron chi connectivity index (χ0n) is 20.2. The Morgan fingerprint density at radius 2 is 1.67 bits per heavy atom. The molecule has 0 amide bonds. The van der Waals surface area contributed by atoms with Gasteiger partial charge in [0.15, 0.2) is 0 Å². The Kier molecular flexibility index (Phi) is 8.16. The minimum Gasteiger partial charge on any atom is -0.507 e. The summed E-state index contributed by atoms with van der Waals surface area (Å²) in [7, 11) is 0.478. The molecule has 0 aromatic heterocycles. The van der Waals surface area contributed by atoms with Gasteiger partial charge in [0, 0.05) is 10.7 Å². The molecule has 0 aliphatic carbocycles. The fourth-order valence-corrected chi connectivity index (χ4v) is 5.88. The Bertz CT molecular complexity index is 864. The van der Waals surface area contributed by atoms with E-state index in [1.165, 1.54) is 29.3 Å². The SMILES string of the molecule is CCCCCC(C)(Pc1ccc(C)cc1C(C)O)c1cc(C(C)(C)C)cc(C)c1O. The monoisotopic (exact) mass is 428 g/mol. The van der Waals surface area contributed by atoms with Gasteiger partial charge in [-0.25, -0.2) is 0 Å². The summed E-state index contributed by atoms with van der Waals surface area (Å²) in [5.74, 6) is 0.431. The molecule has 166 valence electrons. The number of aryl methyl sites for hydroxylation is 2. The van der Waals surface area contributed by atoms with Gasteiger partial charge < -0.3 is 10.2 Å². The zero-order chi connectivity index (χ0) is 22.7. The molecule has 0 radical (unpaired) electrons. The van der Waals surface area contributed by atoms with E-state index in [4.69, 9.17) is 0 Å². The molecule has 0 fully saturated rings. The van der Waals surface area contributed by atoms with Crippen LogP contribution in [-0.2, 0) is 10.6 Å².